The lowest BCUT2D eigenvalue weighted by Crippen LogP contribution is -2.34. The first-order chi connectivity index (χ1) is 12.0. The summed E-state index contributed by atoms with van der Waals surface area (Å²) in [6.07, 6.45) is 2.92. The van der Waals surface area contributed by atoms with E-state index in [0.29, 0.717) is 5.02 Å². The standard InChI is InChI=1S/C19H17Cl2NO3/c20-15-9-8-13(10-16(15)21)19(24)25-11-18(23)22-17-7-3-5-12-4-1-2-6-14(12)17/h1-2,4,6,8-10,17H,3,5,7,11H2,(H,22,23)/t17-/m1/s1. The van der Waals surface area contributed by atoms with Crippen LogP contribution < -0.4 is 5.32 Å². The Morgan fingerprint density at radius 2 is 1.92 bits per heavy atom. The zero-order valence-corrected chi connectivity index (χ0v) is 14.9. The maximum absolute atomic E-state index is 12.1. The third-order valence-corrected chi connectivity index (χ3v) is 4.93. The molecule has 0 aliphatic heterocycles. The first-order valence-corrected chi connectivity index (χ1v) is 8.79. The van der Waals surface area contributed by atoms with Crippen molar-refractivity contribution in [3.63, 3.8) is 0 Å². The molecule has 0 fully saturated rings. The summed E-state index contributed by atoms with van der Waals surface area (Å²) in [5, 5.41) is 3.56. The number of hydrogen-bond acceptors (Lipinski definition) is 3. The van der Waals surface area contributed by atoms with Crippen LogP contribution in [0.5, 0.6) is 0 Å². The van der Waals surface area contributed by atoms with Crippen LogP contribution >= 0.6 is 23.2 Å². The molecule has 0 radical (unpaired) electrons. The molecule has 2 aromatic rings. The molecule has 0 unspecified atom stereocenters. The van der Waals surface area contributed by atoms with Crippen LogP contribution in [0.1, 0.15) is 40.4 Å². The highest BCUT2D eigenvalue weighted by Gasteiger charge is 2.22. The Balaban J connectivity index is 1.57. The van der Waals surface area contributed by atoms with Crippen molar-refractivity contribution in [1.82, 2.24) is 5.32 Å². The van der Waals surface area contributed by atoms with Crippen LogP contribution in [0.25, 0.3) is 0 Å². The normalized spacial score (nSPS) is 16.0. The van der Waals surface area contributed by atoms with Gasteiger partial charge in [-0.3, -0.25) is 4.79 Å². The summed E-state index contributed by atoms with van der Waals surface area (Å²) in [4.78, 5) is 24.1. The summed E-state index contributed by atoms with van der Waals surface area (Å²) in [5.74, 6) is -0.937. The van der Waals surface area contributed by atoms with E-state index in [0.717, 1.165) is 24.8 Å². The van der Waals surface area contributed by atoms with Crippen LogP contribution in [0.15, 0.2) is 42.5 Å². The van der Waals surface area contributed by atoms with Gasteiger partial charge in [-0.2, -0.15) is 0 Å². The van der Waals surface area contributed by atoms with E-state index in [1.54, 1.807) is 0 Å². The van der Waals surface area contributed by atoms with Gasteiger partial charge in [-0.15, -0.1) is 0 Å². The number of ether oxygens (including phenoxy) is 1. The largest absolute Gasteiger partial charge is 0.452 e. The van der Waals surface area contributed by atoms with Gasteiger partial charge in [0, 0.05) is 0 Å². The lowest BCUT2D eigenvalue weighted by molar-refractivity contribution is -0.125. The first-order valence-electron chi connectivity index (χ1n) is 8.04. The summed E-state index contributed by atoms with van der Waals surface area (Å²) >= 11 is 11.7. The molecule has 0 saturated heterocycles. The van der Waals surface area contributed by atoms with Gasteiger partial charge in [0.1, 0.15) is 0 Å². The van der Waals surface area contributed by atoms with Crippen molar-refractivity contribution >= 4 is 35.1 Å². The lowest BCUT2D eigenvalue weighted by atomic mass is 9.88. The van der Waals surface area contributed by atoms with Gasteiger partial charge in [0.05, 0.1) is 21.7 Å². The molecule has 25 heavy (non-hydrogen) atoms. The minimum Gasteiger partial charge on any atom is -0.452 e. The predicted molar refractivity (Wildman–Crippen MR) is 97.0 cm³/mol. The van der Waals surface area contributed by atoms with Gasteiger partial charge in [-0.1, -0.05) is 47.5 Å². The minimum absolute atomic E-state index is 0.0406. The maximum atomic E-state index is 12.1. The van der Waals surface area contributed by atoms with Crippen LogP contribution in [0, 0.1) is 0 Å². The van der Waals surface area contributed by atoms with Crippen molar-refractivity contribution in [3.05, 3.63) is 69.2 Å². The van der Waals surface area contributed by atoms with Crippen LogP contribution in [0.4, 0.5) is 0 Å². The van der Waals surface area contributed by atoms with Crippen LogP contribution in [-0.2, 0) is 16.0 Å². The number of carbonyl (C=O) groups excluding carboxylic acids is 2. The highest BCUT2D eigenvalue weighted by Crippen LogP contribution is 2.29. The molecule has 0 heterocycles. The Morgan fingerprint density at radius 3 is 2.72 bits per heavy atom. The summed E-state index contributed by atoms with van der Waals surface area (Å²) in [6, 6.07) is 12.5. The lowest BCUT2D eigenvalue weighted by Gasteiger charge is -2.26. The zero-order chi connectivity index (χ0) is 17.8. The van der Waals surface area contributed by atoms with E-state index in [1.165, 1.54) is 23.8 Å². The molecule has 1 N–H and O–H groups in total. The quantitative estimate of drug-likeness (QED) is 0.806. The average molecular weight is 378 g/mol. The third-order valence-electron chi connectivity index (χ3n) is 4.19. The van der Waals surface area contributed by atoms with Gasteiger partial charge in [0.15, 0.2) is 6.61 Å². The molecule has 130 valence electrons. The molecule has 1 amide bonds. The summed E-state index contributed by atoms with van der Waals surface area (Å²) in [6.45, 7) is -0.336. The number of esters is 1. The number of nitrogens with one attached hydrogen (secondary N) is 1. The SMILES string of the molecule is O=C(COC(=O)c1ccc(Cl)c(Cl)c1)N[C@@H]1CCCc2ccccc21. The molecule has 1 aliphatic rings. The second kappa shape index (κ2) is 7.89. The molecule has 1 aliphatic carbocycles. The fourth-order valence-electron chi connectivity index (χ4n) is 2.98. The average Bonchev–Trinajstić information content (AvgIpc) is 2.62. The highest BCUT2D eigenvalue weighted by molar-refractivity contribution is 6.42. The zero-order valence-electron chi connectivity index (χ0n) is 13.4. The van der Waals surface area contributed by atoms with Gasteiger partial charge in [-0.05, 0) is 48.6 Å². The maximum Gasteiger partial charge on any atom is 0.338 e. The number of benzene rings is 2. The van der Waals surface area contributed by atoms with Crippen molar-refractivity contribution in [2.75, 3.05) is 6.61 Å². The van der Waals surface area contributed by atoms with E-state index in [2.05, 4.69) is 11.4 Å². The third kappa shape index (κ3) is 4.33. The molecule has 6 heteroatoms. The fourth-order valence-corrected chi connectivity index (χ4v) is 3.28. The molecule has 1 atom stereocenters. The minimum atomic E-state index is -0.613. The Hall–Kier alpha value is -2.04. The van der Waals surface area contributed by atoms with Gasteiger partial charge in [0.25, 0.3) is 5.91 Å². The molecule has 4 nitrogen and oxygen atoms in total. The highest BCUT2D eigenvalue weighted by atomic mass is 35.5. The van der Waals surface area contributed by atoms with Crippen molar-refractivity contribution in [3.8, 4) is 0 Å². The molecule has 2 aromatic carbocycles. The molecular formula is C19H17Cl2NO3. The molecule has 0 saturated carbocycles. The van der Waals surface area contributed by atoms with Crippen molar-refractivity contribution < 1.29 is 14.3 Å². The summed E-state index contributed by atoms with van der Waals surface area (Å²) in [7, 11) is 0. The Labute approximate surface area is 156 Å². The molecular weight excluding hydrogens is 361 g/mol. The van der Waals surface area contributed by atoms with Crippen molar-refractivity contribution in [1.29, 1.82) is 0 Å². The first kappa shape index (κ1) is 17.8. The molecule has 0 aromatic heterocycles. The number of rotatable bonds is 4. The van der Waals surface area contributed by atoms with Crippen molar-refractivity contribution in [2.24, 2.45) is 0 Å². The Kier molecular flexibility index (Phi) is 5.61. The molecule has 0 spiro atoms. The number of amides is 1. The fraction of sp³-hybridized carbons (Fsp3) is 0.263. The van der Waals surface area contributed by atoms with Gasteiger partial charge in [0.2, 0.25) is 0 Å². The van der Waals surface area contributed by atoms with E-state index in [1.807, 2.05) is 18.2 Å². The number of aryl methyl sites for hydroxylation is 1. The number of carbonyl (C=O) groups is 2. The van der Waals surface area contributed by atoms with E-state index in [-0.39, 0.29) is 29.1 Å². The monoisotopic (exact) mass is 377 g/mol. The van der Waals surface area contributed by atoms with Crippen LogP contribution in [0.2, 0.25) is 10.0 Å². The topological polar surface area (TPSA) is 55.4 Å². The number of hydrogen-bond donors (Lipinski definition) is 1. The van der Waals surface area contributed by atoms with Crippen LogP contribution in [-0.4, -0.2) is 18.5 Å². The Morgan fingerprint density at radius 1 is 1.12 bits per heavy atom. The second-order valence-electron chi connectivity index (χ2n) is 5.92. The van der Waals surface area contributed by atoms with Gasteiger partial charge in [-0.25, -0.2) is 4.79 Å². The van der Waals surface area contributed by atoms with E-state index in [9.17, 15) is 9.59 Å². The molecule has 0 bridgehead atoms. The number of fused-ring (bicyclic) bond motifs is 1. The van der Waals surface area contributed by atoms with Crippen molar-refractivity contribution in [2.45, 2.75) is 25.3 Å². The summed E-state index contributed by atoms with van der Waals surface area (Å²) < 4.78 is 5.06. The molecule has 3 rings (SSSR count). The predicted octanol–water partition coefficient (Wildman–Crippen LogP) is 4.34. The summed E-state index contributed by atoms with van der Waals surface area (Å²) in [5.41, 5.74) is 2.65. The van der Waals surface area contributed by atoms with Crippen LogP contribution in [0.3, 0.4) is 0 Å². The Bertz CT molecular complexity index is 807. The second-order valence-corrected chi connectivity index (χ2v) is 6.73. The smallest absolute Gasteiger partial charge is 0.338 e. The van der Waals surface area contributed by atoms with E-state index >= 15 is 0 Å². The van der Waals surface area contributed by atoms with E-state index in [4.69, 9.17) is 27.9 Å². The van der Waals surface area contributed by atoms with Gasteiger partial charge < -0.3 is 10.1 Å². The van der Waals surface area contributed by atoms with E-state index < -0.39 is 5.97 Å². The van der Waals surface area contributed by atoms with Gasteiger partial charge >= 0.3 is 5.97 Å². The number of halogens is 2.